The SMILES string of the molecule is CCCCCC(CC)OC(=O)CCSc1cc(Br)cc(OC)c1. The van der Waals surface area contributed by atoms with Crippen molar-refractivity contribution in [3.8, 4) is 5.75 Å². The number of benzene rings is 1. The largest absolute Gasteiger partial charge is 0.497 e. The quantitative estimate of drug-likeness (QED) is 0.264. The predicted molar refractivity (Wildman–Crippen MR) is 100 cm³/mol. The Morgan fingerprint density at radius 3 is 2.70 bits per heavy atom. The molecule has 0 heterocycles. The van der Waals surface area contributed by atoms with Crippen LogP contribution < -0.4 is 4.74 Å². The second-order valence-electron chi connectivity index (χ2n) is 5.44. The summed E-state index contributed by atoms with van der Waals surface area (Å²) in [6, 6.07) is 5.92. The first-order chi connectivity index (χ1) is 11.1. The summed E-state index contributed by atoms with van der Waals surface area (Å²) >= 11 is 5.10. The zero-order valence-electron chi connectivity index (χ0n) is 14.3. The lowest BCUT2D eigenvalue weighted by atomic mass is 10.1. The van der Waals surface area contributed by atoms with E-state index in [0.29, 0.717) is 12.2 Å². The Balaban J connectivity index is 2.34. The van der Waals surface area contributed by atoms with E-state index in [-0.39, 0.29) is 12.1 Å². The summed E-state index contributed by atoms with van der Waals surface area (Å²) < 4.78 is 11.8. The molecule has 0 saturated carbocycles. The van der Waals surface area contributed by atoms with E-state index in [1.807, 2.05) is 18.2 Å². The smallest absolute Gasteiger partial charge is 0.306 e. The third-order valence-electron chi connectivity index (χ3n) is 3.54. The van der Waals surface area contributed by atoms with Gasteiger partial charge < -0.3 is 9.47 Å². The summed E-state index contributed by atoms with van der Waals surface area (Å²) in [6.07, 6.45) is 5.91. The topological polar surface area (TPSA) is 35.5 Å². The van der Waals surface area contributed by atoms with Crippen molar-refractivity contribution in [1.29, 1.82) is 0 Å². The second-order valence-corrected chi connectivity index (χ2v) is 7.53. The van der Waals surface area contributed by atoms with Gasteiger partial charge in [-0.15, -0.1) is 11.8 Å². The van der Waals surface area contributed by atoms with E-state index in [1.165, 1.54) is 12.8 Å². The van der Waals surface area contributed by atoms with Crippen LogP contribution in [0.4, 0.5) is 0 Å². The van der Waals surface area contributed by atoms with Gasteiger partial charge >= 0.3 is 5.97 Å². The number of carbonyl (C=O) groups excluding carboxylic acids is 1. The van der Waals surface area contributed by atoms with Gasteiger partial charge in [-0.2, -0.15) is 0 Å². The molecule has 130 valence electrons. The zero-order chi connectivity index (χ0) is 17.1. The van der Waals surface area contributed by atoms with Crippen molar-refractivity contribution in [1.82, 2.24) is 0 Å². The van der Waals surface area contributed by atoms with E-state index in [4.69, 9.17) is 9.47 Å². The molecule has 0 radical (unpaired) electrons. The highest BCUT2D eigenvalue weighted by atomic mass is 79.9. The molecule has 0 spiro atoms. The fourth-order valence-corrected chi connectivity index (χ4v) is 3.74. The minimum Gasteiger partial charge on any atom is -0.497 e. The highest BCUT2D eigenvalue weighted by Crippen LogP contribution is 2.28. The third-order valence-corrected chi connectivity index (χ3v) is 4.97. The molecule has 1 rings (SSSR count). The van der Waals surface area contributed by atoms with Crippen LogP contribution in [0.5, 0.6) is 5.75 Å². The first kappa shape index (κ1) is 20.4. The van der Waals surface area contributed by atoms with Crippen molar-refractivity contribution < 1.29 is 14.3 Å². The molecule has 1 aromatic carbocycles. The summed E-state index contributed by atoms with van der Waals surface area (Å²) in [5.74, 6) is 1.43. The molecule has 0 aromatic heterocycles. The van der Waals surface area contributed by atoms with E-state index >= 15 is 0 Å². The predicted octanol–water partition coefficient (Wildman–Crippen LogP) is 5.84. The van der Waals surface area contributed by atoms with Gasteiger partial charge in [-0.25, -0.2) is 0 Å². The van der Waals surface area contributed by atoms with Crippen molar-refractivity contribution in [2.75, 3.05) is 12.9 Å². The summed E-state index contributed by atoms with van der Waals surface area (Å²) in [4.78, 5) is 13.0. The molecule has 0 saturated heterocycles. The number of ether oxygens (including phenoxy) is 2. The lowest BCUT2D eigenvalue weighted by Gasteiger charge is -2.16. The molecule has 1 atom stereocenters. The van der Waals surface area contributed by atoms with Crippen LogP contribution in [-0.4, -0.2) is 24.9 Å². The van der Waals surface area contributed by atoms with Crippen LogP contribution in [0.2, 0.25) is 0 Å². The van der Waals surface area contributed by atoms with E-state index in [9.17, 15) is 4.79 Å². The Morgan fingerprint density at radius 1 is 1.26 bits per heavy atom. The van der Waals surface area contributed by atoms with Gasteiger partial charge in [0.25, 0.3) is 0 Å². The van der Waals surface area contributed by atoms with Gasteiger partial charge in [0.15, 0.2) is 0 Å². The van der Waals surface area contributed by atoms with Crippen molar-refractivity contribution >= 4 is 33.7 Å². The summed E-state index contributed by atoms with van der Waals surface area (Å²) in [6.45, 7) is 4.26. The molecule has 0 aliphatic carbocycles. The van der Waals surface area contributed by atoms with Gasteiger partial charge in [0.05, 0.1) is 13.5 Å². The Morgan fingerprint density at radius 2 is 2.04 bits per heavy atom. The van der Waals surface area contributed by atoms with Crippen LogP contribution in [0.1, 0.15) is 52.4 Å². The highest BCUT2D eigenvalue weighted by Gasteiger charge is 2.12. The molecule has 1 unspecified atom stereocenters. The van der Waals surface area contributed by atoms with Gasteiger partial charge in [0.1, 0.15) is 11.9 Å². The van der Waals surface area contributed by atoms with E-state index in [2.05, 4.69) is 29.8 Å². The molecular formula is C18H27BrO3S. The van der Waals surface area contributed by atoms with Gasteiger partial charge in [-0.05, 0) is 37.5 Å². The normalized spacial score (nSPS) is 12.0. The molecule has 5 heteroatoms. The maximum absolute atomic E-state index is 12.0. The molecule has 0 N–H and O–H groups in total. The van der Waals surface area contributed by atoms with Crippen LogP contribution in [0.3, 0.4) is 0 Å². The van der Waals surface area contributed by atoms with Crippen molar-refractivity contribution in [3.63, 3.8) is 0 Å². The Labute approximate surface area is 152 Å². The Bertz CT molecular complexity index is 479. The molecule has 0 aliphatic rings. The summed E-state index contributed by atoms with van der Waals surface area (Å²) in [7, 11) is 1.65. The van der Waals surface area contributed by atoms with Crippen molar-refractivity contribution in [2.24, 2.45) is 0 Å². The monoisotopic (exact) mass is 402 g/mol. The summed E-state index contributed by atoms with van der Waals surface area (Å²) in [5, 5.41) is 0. The number of carbonyl (C=O) groups is 1. The number of thioether (sulfide) groups is 1. The fraction of sp³-hybridized carbons (Fsp3) is 0.611. The van der Waals surface area contributed by atoms with E-state index < -0.39 is 0 Å². The Hall–Kier alpha value is -0.680. The minimum atomic E-state index is -0.0946. The molecular weight excluding hydrogens is 376 g/mol. The van der Waals surface area contributed by atoms with Gasteiger partial charge in [0, 0.05) is 15.1 Å². The first-order valence-corrected chi connectivity index (χ1v) is 10.0. The molecule has 3 nitrogen and oxygen atoms in total. The molecule has 0 amide bonds. The number of hydrogen-bond acceptors (Lipinski definition) is 4. The van der Waals surface area contributed by atoms with Crippen LogP contribution in [0.25, 0.3) is 0 Å². The number of methoxy groups -OCH3 is 1. The second kappa shape index (κ2) is 11.8. The lowest BCUT2D eigenvalue weighted by Crippen LogP contribution is -2.17. The van der Waals surface area contributed by atoms with Crippen LogP contribution in [0.15, 0.2) is 27.6 Å². The van der Waals surface area contributed by atoms with Crippen LogP contribution in [-0.2, 0) is 9.53 Å². The molecule has 0 bridgehead atoms. The maximum atomic E-state index is 12.0. The average molecular weight is 403 g/mol. The lowest BCUT2D eigenvalue weighted by molar-refractivity contribution is -0.149. The number of hydrogen-bond donors (Lipinski definition) is 0. The van der Waals surface area contributed by atoms with Crippen LogP contribution >= 0.6 is 27.7 Å². The number of unbranched alkanes of at least 4 members (excludes halogenated alkanes) is 2. The van der Waals surface area contributed by atoms with Crippen molar-refractivity contribution in [3.05, 3.63) is 22.7 Å². The standard InChI is InChI=1S/C18H27BrO3S/c1-4-6-7-8-15(5-2)22-18(20)9-10-23-17-12-14(19)11-16(13-17)21-3/h11-13,15H,4-10H2,1-3H3. The number of halogens is 1. The van der Waals surface area contributed by atoms with Gasteiger partial charge in [0.2, 0.25) is 0 Å². The third kappa shape index (κ3) is 8.66. The zero-order valence-corrected chi connectivity index (χ0v) is 16.7. The minimum absolute atomic E-state index is 0.0741. The summed E-state index contributed by atoms with van der Waals surface area (Å²) in [5.41, 5.74) is 0. The molecule has 1 aromatic rings. The van der Waals surface area contributed by atoms with Crippen LogP contribution in [0, 0.1) is 0 Å². The number of esters is 1. The Kier molecular flexibility index (Phi) is 10.4. The number of rotatable bonds is 11. The fourth-order valence-electron chi connectivity index (χ4n) is 2.20. The molecule has 0 aliphatic heterocycles. The van der Waals surface area contributed by atoms with Crippen molar-refractivity contribution in [2.45, 2.75) is 63.4 Å². The van der Waals surface area contributed by atoms with Gasteiger partial charge in [-0.3, -0.25) is 4.79 Å². The van der Waals surface area contributed by atoms with Gasteiger partial charge in [-0.1, -0.05) is 42.6 Å². The van der Waals surface area contributed by atoms with E-state index in [1.54, 1.807) is 18.9 Å². The van der Waals surface area contributed by atoms with E-state index in [0.717, 1.165) is 34.4 Å². The molecule has 0 fully saturated rings. The average Bonchev–Trinajstić information content (AvgIpc) is 2.53. The highest BCUT2D eigenvalue weighted by molar-refractivity contribution is 9.10. The maximum Gasteiger partial charge on any atom is 0.306 e. The molecule has 23 heavy (non-hydrogen) atoms. The first-order valence-electron chi connectivity index (χ1n) is 8.25.